The molecule has 0 atom stereocenters. The van der Waals surface area contributed by atoms with Crippen LogP contribution in [0, 0.1) is 19.8 Å². The quantitative estimate of drug-likeness (QED) is 0.616. The van der Waals surface area contributed by atoms with E-state index in [1.165, 1.54) is 0 Å². The van der Waals surface area contributed by atoms with Gasteiger partial charge in [0.1, 0.15) is 0 Å². The molecule has 0 N–H and O–H groups in total. The summed E-state index contributed by atoms with van der Waals surface area (Å²) < 4.78 is 12.8. The Hall–Kier alpha value is -1.51. The molecule has 0 radical (unpaired) electrons. The molecule has 0 aliphatic carbocycles. The van der Waals surface area contributed by atoms with Crippen LogP contribution in [0.25, 0.3) is 11.0 Å². The Kier molecular flexibility index (Phi) is 1.72. The molecule has 0 spiro atoms. The number of aromatic nitrogens is 2. The molecule has 1 aromatic heterocycles. The second kappa shape index (κ2) is 2.76. The molecule has 2 nitrogen and oxygen atoms in total. The summed E-state index contributed by atoms with van der Waals surface area (Å²) >= 11 is 0. The van der Waals surface area contributed by atoms with Gasteiger partial charge >= 0.3 is 0 Å². The highest BCUT2D eigenvalue weighted by molar-refractivity contribution is 5.80. The van der Waals surface area contributed by atoms with E-state index in [9.17, 15) is 4.39 Å². The maximum atomic E-state index is 12.8. The third kappa shape index (κ3) is 1.26. The molecule has 0 amide bonds. The van der Waals surface area contributed by atoms with Crippen molar-refractivity contribution in [1.82, 2.24) is 9.97 Å². The number of fused-ring (bicyclic) bond motifs is 1. The summed E-state index contributed by atoms with van der Waals surface area (Å²) in [6, 6.07) is 3.88. The van der Waals surface area contributed by atoms with Crippen molar-refractivity contribution < 1.29 is 4.39 Å². The second-order valence-corrected chi connectivity index (χ2v) is 3.09. The highest BCUT2D eigenvalue weighted by Gasteiger charge is 2.03. The van der Waals surface area contributed by atoms with E-state index in [2.05, 4.69) is 9.97 Å². The summed E-state index contributed by atoms with van der Waals surface area (Å²) in [6.45, 7) is 3.84. The molecule has 0 bridgehead atoms. The molecule has 2 aromatic rings. The summed E-state index contributed by atoms with van der Waals surface area (Å²) in [7, 11) is 0. The van der Waals surface area contributed by atoms with Crippen LogP contribution in [0.2, 0.25) is 0 Å². The van der Waals surface area contributed by atoms with Crippen molar-refractivity contribution in [3.05, 3.63) is 35.4 Å². The van der Waals surface area contributed by atoms with Gasteiger partial charge in [-0.25, -0.2) is 9.97 Å². The highest BCUT2D eigenvalue weighted by Crippen LogP contribution is 2.17. The molecule has 0 saturated carbocycles. The van der Waals surface area contributed by atoms with Crippen LogP contribution < -0.4 is 0 Å². The van der Waals surface area contributed by atoms with Gasteiger partial charge in [0, 0.05) is 0 Å². The highest BCUT2D eigenvalue weighted by atomic mass is 19.1. The molecular weight excluding hydrogens is 167 g/mol. The fourth-order valence-electron chi connectivity index (χ4n) is 1.34. The normalized spacial score (nSPS) is 10.7. The molecule has 13 heavy (non-hydrogen) atoms. The van der Waals surface area contributed by atoms with E-state index in [1.54, 1.807) is 0 Å². The van der Waals surface area contributed by atoms with Crippen molar-refractivity contribution in [2.75, 3.05) is 0 Å². The lowest BCUT2D eigenvalue weighted by molar-refractivity contribution is 0.583. The third-order valence-corrected chi connectivity index (χ3v) is 2.07. The number of hydrogen-bond acceptors (Lipinski definition) is 2. The maximum absolute atomic E-state index is 12.8. The molecule has 66 valence electrons. The van der Waals surface area contributed by atoms with Gasteiger partial charge in [0.15, 0.2) is 0 Å². The van der Waals surface area contributed by atoms with Gasteiger partial charge < -0.3 is 0 Å². The lowest BCUT2D eigenvalue weighted by Crippen LogP contribution is -1.92. The average molecular weight is 176 g/mol. The minimum atomic E-state index is -0.527. The maximum Gasteiger partial charge on any atom is 0.231 e. The topological polar surface area (TPSA) is 25.8 Å². The largest absolute Gasteiger partial charge is 0.250 e. The van der Waals surface area contributed by atoms with Crippen molar-refractivity contribution in [2.24, 2.45) is 0 Å². The van der Waals surface area contributed by atoms with E-state index < -0.39 is 5.95 Å². The molecule has 0 saturated heterocycles. The summed E-state index contributed by atoms with van der Waals surface area (Å²) in [5, 5.41) is 0. The number of hydrogen-bond donors (Lipinski definition) is 0. The molecule has 1 heterocycles. The predicted octanol–water partition coefficient (Wildman–Crippen LogP) is 2.39. The van der Waals surface area contributed by atoms with Crippen LogP contribution in [0.15, 0.2) is 18.3 Å². The number of nitrogens with zero attached hydrogens (tertiary/aromatic N) is 2. The van der Waals surface area contributed by atoms with Crippen molar-refractivity contribution in [1.29, 1.82) is 0 Å². The average Bonchev–Trinajstić information content (AvgIpc) is 2.12. The van der Waals surface area contributed by atoms with Crippen LogP contribution in [0.3, 0.4) is 0 Å². The zero-order valence-corrected chi connectivity index (χ0v) is 7.50. The van der Waals surface area contributed by atoms with Crippen LogP contribution in [0.5, 0.6) is 0 Å². The van der Waals surface area contributed by atoms with E-state index in [4.69, 9.17) is 0 Å². The van der Waals surface area contributed by atoms with Crippen LogP contribution in [0.4, 0.5) is 4.39 Å². The van der Waals surface area contributed by atoms with Crippen LogP contribution >= 0.6 is 0 Å². The Morgan fingerprint density at radius 2 is 1.69 bits per heavy atom. The van der Waals surface area contributed by atoms with Gasteiger partial charge in [-0.05, 0) is 25.0 Å². The zero-order chi connectivity index (χ0) is 9.42. The molecule has 0 unspecified atom stereocenters. The number of aryl methyl sites for hydroxylation is 2. The van der Waals surface area contributed by atoms with Gasteiger partial charge in [-0.3, -0.25) is 0 Å². The Morgan fingerprint density at radius 1 is 1.08 bits per heavy atom. The van der Waals surface area contributed by atoms with E-state index >= 15 is 0 Å². The summed E-state index contributed by atoms with van der Waals surface area (Å²) in [5.41, 5.74) is 3.40. The Labute approximate surface area is 75.4 Å². The number of halogens is 1. The summed E-state index contributed by atoms with van der Waals surface area (Å²) in [5.74, 6) is -0.527. The minimum Gasteiger partial charge on any atom is -0.250 e. The number of benzene rings is 1. The lowest BCUT2D eigenvalue weighted by atomic mass is 10.1. The van der Waals surface area contributed by atoms with Gasteiger partial charge in [0.05, 0.1) is 17.2 Å². The fraction of sp³-hybridized carbons (Fsp3) is 0.200. The first-order chi connectivity index (χ1) is 6.18. The van der Waals surface area contributed by atoms with Gasteiger partial charge in [0.2, 0.25) is 5.95 Å². The molecule has 0 fully saturated rings. The molecule has 1 aromatic carbocycles. The molecule has 0 aliphatic rings. The molecule has 3 heteroatoms. The molecular formula is C10H9FN2. The second-order valence-electron chi connectivity index (χ2n) is 3.09. The standard InChI is InChI=1S/C10H9FN2/c1-6-3-4-7(2)10-9(6)12-5-8(11)13-10/h3-5H,1-2H3. The van der Waals surface area contributed by atoms with E-state index in [1.807, 2.05) is 26.0 Å². The monoisotopic (exact) mass is 176 g/mol. The van der Waals surface area contributed by atoms with E-state index in [0.29, 0.717) is 5.52 Å². The van der Waals surface area contributed by atoms with Gasteiger partial charge in [-0.15, -0.1) is 0 Å². The van der Waals surface area contributed by atoms with Gasteiger partial charge in [-0.1, -0.05) is 12.1 Å². The molecule has 0 aliphatic heterocycles. The minimum absolute atomic E-state index is 0.527. The Morgan fingerprint density at radius 3 is 2.38 bits per heavy atom. The molecule has 2 rings (SSSR count). The predicted molar refractivity (Wildman–Crippen MR) is 49.0 cm³/mol. The summed E-state index contributed by atoms with van der Waals surface area (Å²) in [4.78, 5) is 7.81. The zero-order valence-electron chi connectivity index (χ0n) is 7.50. The lowest BCUT2D eigenvalue weighted by Gasteiger charge is -2.02. The first kappa shape index (κ1) is 8.10. The summed E-state index contributed by atoms with van der Waals surface area (Å²) in [6.07, 6.45) is 1.15. The van der Waals surface area contributed by atoms with Gasteiger partial charge in [0.25, 0.3) is 0 Å². The van der Waals surface area contributed by atoms with Crippen molar-refractivity contribution in [3.8, 4) is 0 Å². The van der Waals surface area contributed by atoms with Crippen LogP contribution in [-0.4, -0.2) is 9.97 Å². The first-order valence-electron chi connectivity index (χ1n) is 4.07. The van der Waals surface area contributed by atoms with Crippen molar-refractivity contribution in [3.63, 3.8) is 0 Å². The van der Waals surface area contributed by atoms with Crippen LogP contribution in [0.1, 0.15) is 11.1 Å². The van der Waals surface area contributed by atoms with Crippen LogP contribution in [-0.2, 0) is 0 Å². The SMILES string of the molecule is Cc1ccc(C)c2nc(F)cnc12. The Bertz CT molecular complexity index is 466. The van der Waals surface area contributed by atoms with Crippen molar-refractivity contribution in [2.45, 2.75) is 13.8 Å². The van der Waals surface area contributed by atoms with Gasteiger partial charge in [-0.2, -0.15) is 4.39 Å². The first-order valence-corrected chi connectivity index (χ1v) is 4.07. The fourth-order valence-corrected chi connectivity index (χ4v) is 1.34. The van der Waals surface area contributed by atoms with Crippen molar-refractivity contribution >= 4 is 11.0 Å². The third-order valence-electron chi connectivity index (χ3n) is 2.07. The Balaban J connectivity index is 2.92. The smallest absolute Gasteiger partial charge is 0.231 e. The van der Waals surface area contributed by atoms with E-state index in [-0.39, 0.29) is 0 Å². The number of rotatable bonds is 0. The van der Waals surface area contributed by atoms with E-state index in [0.717, 1.165) is 22.8 Å².